The van der Waals surface area contributed by atoms with Crippen molar-refractivity contribution in [3.63, 3.8) is 0 Å². The molecule has 0 heterocycles. The molecule has 3 heteroatoms. The van der Waals surface area contributed by atoms with Crippen molar-refractivity contribution in [2.75, 3.05) is 13.7 Å². The molecule has 2 aliphatic carbocycles. The summed E-state index contributed by atoms with van der Waals surface area (Å²) in [5, 5.41) is 11.5. The minimum atomic E-state index is -0.739. The molecule has 3 rings (SSSR count). The zero-order chi connectivity index (χ0) is 14.9. The largest absolute Gasteiger partial charge is 0.389 e. The minimum Gasteiger partial charge on any atom is -0.389 e. The predicted molar refractivity (Wildman–Crippen MR) is 84.3 cm³/mol. The van der Waals surface area contributed by atoms with Crippen molar-refractivity contribution in [2.24, 2.45) is 5.73 Å². The number of aryl methyl sites for hydroxylation is 1. The lowest BCUT2D eigenvalue weighted by atomic mass is 9.56. The van der Waals surface area contributed by atoms with Crippen molar-refractivity contribution in [2.45, 2.75) is 62.1 Å². The van der Waals surface area contributed by atoms with Crippen LogP contribution in [0.15, 0.2) is 24.3 Å². The highest BCUT2D eigenvalue weighted by atomic mass is 16.5. The molecular formula is C18H27NO2. The van der Waals surface area contributed by atoms with E-state index in [4.69, 9.17) is 10.5 Å². The van der Waals surface area contributed by atoms with Gasteiger partial charge in [-0.3, -0.25) is 0 Å². The van der Waals surface area contributed by atoms with E-state index in [9.17, 15) is 5.11 Å². The van der Waals surface area contributed by atoms with Gasteiger partial charge in [0.05, 0.1) is 11.7 Å². The van der Waals surface area contributed by atoms with Crippen LogP contribution >= 0.6 is 0 Å². The van der Waals surface area contributed by atoms with Crippen LogP contribution in [0.1, 0.15) is 49.7 Å². The molecule has 3 atom stereocenters. The van der Waals surface area contributed by atoms with E-state index in [2.05, 4.69) is 24.3 Å². The Morgan fingerprint density at radius 1 is 1.29 bits per heavy atom. The molecule has 3 nitrogen and oxygen atoms in total. The van der Waals surface area contributed by atoms with Crippen LogP contribution < -0.4 is 5.73 Å². The van der Waals surface area contributed by atoms with Crippen molar-refractivity contribution in [1.82, 2.24) is 0 Å². The van der Waals surface area contributed by atoms with Crippen molar-refractivity contribution in [3.05, 3.63) is 35.4 Å². The van der Waals surface area contributed by atoms with Crippen LogP contribution in [-0.2, 0) is 16.6 Å². The van der Waals surface area contributed by atoms with Crippen LogP contribution in [0, 0.1) is 0 Å². The number of nitrogens with two attached hydrogens (primary N) is 1. The third kappa shape index (κ3) is 2.32. The number of benzene rings is 1. The summed E-state index contributed by atoms with van der Waals surface area (Å²) in [5.74, 6) is 0. The molecule has 0 aromatic heterocycles. The molecule has 2 aliphatic rings. The van der Waals surface area contributed by atoms with E-state index in [1.54, 1.807) is 7.11 Å². The molecule has 1 aromatic carbocycles. The lowest BCUT2D eigenvalue weighted by molar-refractivity contribution is -0.111. The molecule has 0 bridgehead atoms. The quantitative estimate of drug-likeness (QED) is 0.899. The molecule has 0 aliphatic heterocycles. The van der Waals surface area contributed by atoms with E-state index in [0.717, 1.165) is 38.5 Å². The van der Waals surface area contributed by atoms with Gasteiger partial charge in [0.15, 0.2) is 0 Å². The average Bonchev–Trinajstić information content (AvgIpc) is 2.54. The van der Waals surface area contributed by atoms with Gasteiger partial charge in [0.25, 0.3) is 0 Å². The highest BCUT2D eigenvalue weighted by Gasteiger charge is 2.53. The number of rotatable bonds is 3. The van der Waals surface area contributed by atoms with Crippen LogP contribution in [-0.4, -0.2) is 30.5 Å². The van der Waals surface area contributed by atoms with Gasteiger partial charge >= 0.3 is 0 Å². The van der Waals surface area contributed by atoms with Crippen LogP contribution in [0.3, 0.4) is 0 Å². The summed E-state index contributed by atoms with van der Waals surface area (Å²) in [6.45, 7) is 0.511. The molecule has 1 fully saturated rings. The standard InChI is InChI=1S/C18H27NO2/c1-21-15-8-5-11-18(20,12-15)17(13-19)10-4-7-14-6-2-3-9-16(14)17/h2-3,6,9,15,20H,4-5,7-8,10-13,19H2,1H3. The molecule has 3 unspecified atom stereocenters. The molecule has 0 amide bonds. The highest BCUT2D eigenvalue weighted by molar-refractivity contribution is 5.40. The van der Waals surface area contributed by atoms with Crippen molar-refractivity contribution in [1.29, 1.82) is 0 Å². The van der Waals surface area contributed by atoms with E-state index < -0.39 is 5.60 Å². The van der Waals surface area contributed by atoms with E-state index in [-0.39, 0.29) is 11.5 Å². The SMILES string of the molecule is COC1CCCC(O)(C2(CN)CCCc3ccccc32)C1. The number of methoxy groups -OCH3 is 1. The van der Waals surface area contributed by atoms with Gasteiger partial charge in [0.1, 0.15) is 0 Å². The second kappa shape index (κ2) is 5.71. The zero-order valence-corrected chi connectivity index (χ0v) is 13.0. The molecule has 0 radical (unpaired) electrons. The third-order valence-electron chi connectivity index (χ3n) is 5.84. The first-order chi connectivity index (χ1) is 10.1. The van der Waals surface area contributed by atoms with Crippen LogP contribution in [0.25, 0.3) is 0 Å². The Balaban J connectivity index is 2.05. The van der Waals surface area contributed by atoms with Gasteiger partial charge in [-0.15, -0.1) is 0 Å². The number of fused-ring (bicyclic) bond motifs is 1. The Bertz CT molecular complexity index is 504. The van der Waals surface area contributed by atoms with Gasteiger partial charge in [0, 0.05) is 25.5 Å². The molecule has 0 spiro atoms. The Morgan fingerprint density at radius 3 is 2.86 bits per heavy atom. The van der Waals surface area contributed by atoms with Crippen LogP contribution in [0.5, 0.6) is 0 Å². The molecule has 3 N–H and O–H groups in total. The van der Waals surface area contributed by atoms with Crippen LogP contribution in [0.2, 0.25) is 0 Å². The lowest BCUT2D eigenvalue weighted by Gasteiger charge is -2.53. The minimum absolute atomic E-state index is 0.154. The van der Waals surface area contributed by atoms with E-state index in [0.29, 0.717) is 13.0 Å². The summed E-state index contributed by atoms with van der Waals surface area (Å²) in [7, 11) is 1.75. The monoisotopic (exact) mass is 289 g/mol. The normalized spacial score (nSPS) is 36.2. The summed E-state index contributed by atoms with van der Waals surface area (Å²) >= 11 is 0. The fourth-order valence-electron chi connectivity index (χ4n) is 4.64. The van der Waals surface area contributed by atoms with Crippen LogP contribution in [0.4, 0.5) is 0 Å². The fraction of sp³-hybridized carbons (Fsp3) is 0.667. The Morgan fingerprint density at radius 2 is 2.10 bits per heavy atom. The number of aliphatic hydroxyl groups is 1. The third-order valence-corrected chi connectivity index (χ3v) is 5.84. The molecule has 21 heavy (non-hydrogen) atoms. The summed E-state index contributed by atoms with van der Waals surface area (Å²) in [5.41, 5.74) is 7.85. The molecule has 0 saturated heterocycles. The Hall–Kier alpha value is -0.900. The molecular weight excluding hydrogens is 262 g/mol. The van der Waals surface area contributed by atoms with Crippen molar-refractivity contribution >= 4 is 0 Å². The van der Waals surface area contributed by atoms with Gasteiger partial charge in [-0.25, -0.2) is 0 Å². The van der Waals surface area contributed by atoms with Gasteiger partial charge in [0.2, 0.25) is 0 Å². The summed E-state index contributed by atoms with van der Waals surface area (Å²) < 4.78 is 5.55. The average molecular weight is 289 g/mol. The lowest BCUT2D eigenvalue weighted by Crippen LogP contribution is -2.60. The van der Waals surface area contributed by atoms with Gasteiger partial charge < -0.3 is 15.6 Å². The second-order valence-electron chi connectivity index (χ2n) is 6.78. The Labute approximate surface area is 127 Å². The zero-order valence-electron chi connectivity index (χ0n) is 13.0. The number of ether oxygens (including phenoxy) is 1. The highest BCUT2D eigenvalue weighted by Crippen LogP contribution is 2.50. The maximum atomic E-state index is 11.5. The van der Waals surface area contributed by atoms with Gasteiger partial charge in [-0.2, -0.15) is 0 Å². The van der Waals surface area contributed by atoms with E-state index in [1.807, 2.05) is 0 Å². The smallest absolute Gasteiger partial charge is 0.0780 e. The van der Waals surface area contributed by atoms with Gasteiger partial charge in [-0.1, -0.05) is 24.3 Å². The summed E-state index contributed by atoms with van der Waals surface area (Å²) in [6, 6.07) is 8.54. The molecule has 1 saturated carbocycles. The number of hydrogen-bond donors (Lipinski definition) is 2. The first-order valence-corrected chi connectivity index (χ1v) is 8.19. The Kier molecular flexibility index (Phi) is 4.08. The maximum Gasteiger partial charge on any atom is 0.0780 e. The van der Waals surface area contributed by atoms with E-state index in [1.165, 1.54) is 11.1 Å². The first-order valence-electron chi connectivity index (χ1n) is 8.19. The summed E-state index contributed by atoms with van der Waals surface area (Å²) in [6.07, 6.45) is 6.93. The maximum absolute atomic E-state index is 11.5. The fourth-order valence-corrected chi connectivity index (χ4v) is 4.64. The topological polar surface area (TPSA) is 55.5 Å². The predicted octanol–water partition coefficient (Wildman–Crippen LogP) is 2.54. The van der Waals surface area contributed by atoms with E-state index >= 15 is 0 Å². The molecule has 116 valence electrons. The van der Waals surface area contributed by atoms with Crippen molar-refractivity contribution in [3.8, 4) is 0 Å². The first kappa shape index (κ1) is 15.0. The molecule has 1 aromatic rings. The summed E-state index contributed by atoms with van der Waals surface area (Å²) in [4.78, 5) is 0. The number of hydrogen-bond acceptors (Lipinski definition) is 3. The second-order valence-corrected chi connectivity index (χ2v) is 6.78. The van der Waals surface area contributed by atoms with Crippen molar-refractivity contribution < 1.29 is 9.84 Å². The van der Waals surface area contributed by atoms with Gasteiger partial charge in [-0.05, 0) is 49.7 Å².